The molecule has 10 aromatic rings. The maximum atomic E-state index is 6.16. The predicted molar refractivity (Wildman–Crippen MR) is 220 cm³/mol. The van der Waals surface area contributed by atoms with Gasteiger partial charge in [0.1, 0.15) is 11.2 Å². The highest BCUT2D eigenvalue weighted by Gasteiger charge is 2.19. The van der Waals surface area contributed by atoms with E-state index in [1.807, 2.05) is 12.1 Å². The summed E-state index contributed by atoms with van der Waals surface area (Å²) in [5, 5.41) is 7.22. The summed E-state index contributed by atoms with van der Waals surface area (Å²) in [6.45, 7) is 0. The Balaban J connectivity index is 1.15. The van der Waals surface area contributed by atoms with Crippen LogP contribution in [-0.4, -0.2) is 0 Å². The van der Waals surface area contributed by atoms with Crippen LogP contribution < -0.4 is 4.90 Å². The molecular weight excluding hydrogens is 631 g/mol. The summed E-state index contributed by atoms with van der Waals surface area (Å²) in [7, 11) is 0. The Morgan fingerprint density at radius 1 is 0.308 bits per heavy atom. The van der Waals surface area contributed by atoms with E-state index >= 15 is 0 Å². The van der Waals surface area contributed by atoms with E-state index in [0.717, 1.165) is 50.1 Å². The van der Waals surface area contributed by atoms with Crippen molar-refractivity contribution in [1.29, 1.82) is 0 Å². The van der Waals surface area contributed by atoms with Crippen molar-refractivity contribution in [2.45, 2.75) is 0 Å². The molecule has 0 N–H and O–H groups in total. The van der Waals surface area contributed by atoms with E-state index in [1.165, 1.54) is 43.8 Å². The Morgan fingerprint density at radius 3 is 1.67 bits per heavy atom. The number of fused-ring (bicyclic) bond motifs is 5. The van der Waals surface area contributed by atoms with Crippen LogP contribution in [0.2, 0.25) is 0 Å². The largest absolute Gasteiger partial charge is 0.456 e. The van der Waals surface area contributed by atoms with Crippen molar-refractivity contribution in [2.24, 2.45) is 0 Å². The minimum atomic E-state index is 0.901. The Hall–Kier alpha value is -6.90. The molecule has 52 heavy (non-hydrogen) atoms. The van der Waals surface area contributed by atoms with Gasteiger partial charge in [-0.15, -0.1) is 0 Å². The number of benzene rings is 9. The summed E-state index contributed by atoms with van der Waals surface area (Å²) in [6, 6.07) is 71.9. The van der Waals surface area contributed by atoms with Gasteiger partial charge >= 0.3 is 0 Å². The van der Waals surface area contributed by atoms with Crippen LogP contribution in [0, 0.1) is 0 Å². The molecule has 10 rings (SSSR count). The van der Waals surface area contributed by atoms with Crippen LogP contribution in [-0.2, 0) is 0 Å². The number of anilines is 3. The molecule has 0 radical (unpaired) electrons. The SMILES string of the molecule is c1cc(-c2ccc3oc4ccccc4c3c2)cc(N(c2ccc(-c3cccc4ccccc34)cc2)c2ccccc2-c2cccc3ccccc23)c1. The van der Waals surface area contributed by atoms with Crippen molar-refractivity contribution in [3.63, 3.8) is 0 Å². The highest BCUT2D eigenvalue weighted by atomic mass is 16.3. The smallest absolute Gasteiger partial charge is 0.135 e. The van der Waals surface area contributed by atoms with Gasteiger partial charge in [0.15, 0.2) is 0 Å². The first-order valence-electron chi connectivity index (χ1n) is 17.8. The second kappa shape index (κ2) is 12.5. The van der Waals surface area contributed by atoms with Gasteiger partial charge in [-0.3, -0.25) is 0 Å². The molecule has 0 aliphatic heterocycles. The predicted octanol–water partition coefficient (Wildman–Crippen LogP) is 14.4. The van der Waals surface area contributed by atoms with E-state index in [1.54, 1.807) is 0 Å². The van der Waals surface area contributed by atoms with Gasteiger partial charge in [-0.25, -0.2) is 0 Å². The van der Waals surface area contributed by atoms with Crippen molar-refractivity contribution in [2.75, 3.05) is 4.90 Å². The maximum Gasteiger partial charge on any atom is 0.135 e. The summed E-state index contributed by atoms with van der Waals surface area (Å²) >= 11 is 0. The van der Waals surface area contributed by atoms with E-state index in [-0.39, 0.29) is 0 Å². The van der Waals surface area contributed by atoms with Crippen LogP contribution in [0.1, 0.15) is 0 Å². The number of rotatable bonds is 6. The lowest BCUT2D eigenvalue weighted by Crippen LogP contribution is -2.11. The zero-order valence-corrected chi connectivity index (χ0v) is 28.4. The Morgan fingerprint density at radius 2 is 0.865 bits per heavy atom. The normalized spacial score (nSPS) is 11.5. The highest BCUT2D eigenvalue weighted by Crippen LogP contribution is 2.44. The molecule has 0 saturated heterocycles. The number of para-hydroxylation sites is 2. The minimum Gasteiger partial charge on any atom is -0.456 e. The molecule has 0 aliphatic carbocycles. The summed E-state index contributed by atoms with van der Waals surface area (Å²) in [5.74, 6) is 0. The molecule has 2 nitrogen and oxygen atoms in total. The van der Waals surface area contributed by atoms with Gasteiger partial charge in [-0.1, -0.05) is 152 Å². The molecule has 1 aromatic heterocycles. The standard InChI is InChI=1S/C50H33NO/c1-3-18-41-34(12-1)14-10-22-42(41)36-26-29-39(30-27-36)51(48-24-7-5-20-45(48)44-23-11-15-35-13-2-4-19-43(35)44)40-17-9-16-37(32-40)38-28-31-50-47(33-38)46-21-6-8-25-49(46)52-50/h1-33H. The summed E-state index contributed by atoms with van der Waals surface area (Å²) in [4.78, 5) is 2.40. The molecule has 0 saturated carbocycles. The van der Waals surface area contributed by atoms with Crippen molar-refractivity contribution in [1.82, 2.24) is 0 Å². The molecule has 9 aromatic carbocycles. The van der Waals surface area contributed by atoms with Gasteiger partial charge in [0, 0.05) is 27.7 Å². The topological polar surface area (TPSA) is 16.4 Å². The summed E-state index contributed by atoms with van der Waals surface area (Å²) in [6.07, 6.45) is 0. The average molecular weight is 664 g/mol. The second-order valence-corrected chi connectivity index (χ2v) is 13.3. The minimum absolute atomic E-state index is 0.901. The van der Waals surface area contributed by atoms with Crippen molar-refractivity contribution in [3.05, 3.63) is 200 Å². The molecule has 0 bridgehead atoms. The van der Waals surface area contributed by atoms with E-state index in [0.29, 0.717) is 0 Å². The van der Waals surface area contributed by atoms with Gasteiger partial charge in [0.25, 0.3) is 0 Å². The van der Waals surface area contributed by atoms with E-state index < -0.39 is 0 Å². The molecule has 0 amide bonds. The number of nitrogens with zero attached hydrogens (tertiary/aromatic N) is 1. The van der Waals surface area contributed by atoms with Crippen molar-refractivity contribution in [3.8, 4) is 33.4 Å². The van der Waals surface area contributed by atoms with Gasteiger partial charge in [0.05, 0.1) is 5.69 Å². The molecule has 0 unspecified atom stereocenters. The Labute approximate surface area is 302 Å². The fraction of sp³-hybridized carbons (Fsp3) is 0. The molecule has 0 fully saturated rings. The lowest BCUT2D eigenvalue weighted by Gasteiger charge is -2.29. The van der Waals surface area contributed by atoms with Crippen LogP contribution in [0.5, 0.6) is 0 Å². The molecule has 0 atom stereocenters. The number of hydrogen-bond donors (Lipinski definition) is 0. The van der Waals surface area contributed by atoms with Crippen molar-refractivity contribution >= 4 is 60.5 Å². The monoisotopic (exact) mass is 663 g/mol. The Kier molecular flexibility index (Phi) is 7.18. The van der Waals surface area contributed by atoms with Gasteiger partial charge in [-0.05, 0) is 97.9 Å². The van der Waals surface area contributed by atoms with Gasteiger partial charge < -0.3 is 9.32 Å². The summed E-state index contributed by atoms with van der Waals surface area (Å²) < 4.78 is 6.16. The van der Waals surface area contributed by atoms with Crippen molar-refractivity contribution < 1.29 is 4.42 Å². The first-order chi connectivity index (χ1) is 25.8. The zero-order valence-electron chi connectivity index (χ0n) is 28.4. The highest BCUT2D eigenvalue weighted by molar-refractivity contribution is 6.06. The quantitative estimate of drug-likeness (QED) is 0.176. The van der Waals surface area contributed by atoms with E-state index in [2.05, 4.69) is 193 Å². The number of furan rings is 1. The number of hydrogen-bond acceptors (Lipinski definition) is 2. The third-order valence-corrected chi connectivity index (χ3v) is 10.3. The van der Waals surface area contributed by atoms with Crippen LogP contribution in [0.25, 0.3) is 76.9 Å². The first-order valence-corrected chi connectivity index (χ1v) is 17.8. The Bertz CT molecular complexity index is 2910. The van der Waals surface area contributed by atoms with Gasteiger partial charge in [0.2, 0.25) is 0 Å². The van der Waals surface area contributed by atoms with E-state index in [4.69, 9.17) is 4.42 Å². The second-order valence-electron chi connectivity index (χ2n) is 13.3. The van der Waals surface area contributed by atoms with Crippen LogP contribution >= 0.6 is 0 Å². The zero-order chi connectivity index (χ0) is 34.4. The molecule has 0 aliphatic rings. The van der Waals surface area contributed by atoms with Crippen LogP contribution in [0.4, 0.5) is 17.1 Å². The molecule has 2 heteroatoms. The molecule has 244 valence electrons. The summed E-state index contributed by atoms with van der Waals surface area (Å²) in [5.41, 5.74) is 12.2. The lowest BCUT2D eigenvalue weighted by molar-refractivity contribution is 0.669. The maximum absolute atomic E-state index is 6.16. The fourth-order valence-corrected chi connectivity index (χ4v) is 7.78. The average Bonchev–Trinajstić information content (AvgIpc) is 3.59. The first kappa shape index (κ1) is 30.0. The third-order valence-electron chi connectivity index (χ3n) is 10.3. The molecule has 1 heterocycles. The third kappa shape index (κ3) is 5.12. The van der Waals surface area contributed by atoms with E-state index in [9.17, 15) is 0 Å². The van der Waals surface area contributed by atoms with Crippen LogP contribution in [0.15, 0.2) is 205 Å². The van der Waals surface area contributed by atoms with Gasteiger partial charge in [-0.2, -0.15) is 0 Å². The molecule has 0 spiro atoms. The lowest BCUT2D eigenvalue weighted by atomic mass is 9.95. The van der Waals surface area contributed by atoms with Crippen LogP contribution in [0.3, 0.4) is 0 Å². The fourth-order valence-electron chi connectivity index (χ4n) is 7.78. The molecular formula is C50H33NO.